The second-order valence-corrected chi connectivity index (χ2v) is 4.11. The second-order valence-electron chi connectivity index (χ2n) is 4.11. The van der Waals surface area contributed by atoms with E-state index in [0.29, 0.717) is 19.7 Å². The molecule has 2 saturated heterocycles. The van der Waals surface area contributed by atoms with Gasteiger partial charge in [-0.2, -0.15) is 0 Å². The quantitative estimate of drug-likeness (QED) is 0.676. The molecule has 16 heavy (non-hydrogen) atoms. The highest BCUT2D eigenvalue weighted by atomic mass is 16.6. The Labute approximate surface area is 95.3 Å². The van der Waals surface area contributed by atoms with Crippen molar-refractivity contribution in [2.24, 2.45) is 5.73 Å². The molecule has 0 aromatic rings. The highest BCUT2D eigenvalue weighted by Gasteiger charge is 2.31. The van der Waals surface area contributed by atoms with E-state index in [-0.39, 0.29) is 12.1 Å². The normalized spacial score (nSPS) is 27.2. The van der Waals surface area contributed by atoms with Gasteiger partial charge in [-0.15, -0.1) is 0 Å². The monoisotopic (exact) mass is 229 g/mol. The van der Waals surface area contributed by atoms with E-state index < -0.39 is 0 Å². The third-order valence-electron chi connectivity index (χ3n) is 3.11. The fourth-order valence-electron chi connectivity index (χ4n) is 2.03. The van der Waals surface area contributed by atoms with E-state index in [1.807, 2.05) is 0 Å². The number of amides is 1. The molecule has 6 nitrogen and oxygen atoms in total. The van der Waals surface area contributed by atoms with Crippen molar-refractivity contribution in [3.05, 3.63) is 0 Å². The lowest BCUT2D eigenvalue weighted by Crippen LogP contribution is -2.45. The van der Waals surface area contributed by atoms with Crippen LogP contribution in [0.4, 0.5) is 4.79 Å². The maximum absolute atomic E-state index is 11.4. The first-order valence-electron chi connectivity index (χ1n) is 5.75. The van der Waals surface area contributed by atoms with Crippen molar-refractivity contribution in [3.63, 3.8) is 0 Å². The Balaban J connectivity index is 1.77. The van der Waals surface area contributed by atoms with Gasteiger partial charge < -0.3 is 15.2 Å². The van der Waals surface area contributed by atoms with Crippen molar-refractivity contribution in [2.75, 3.05) is 52.5 Å². The third-order valence-corrected chi connectivity index (χ3v) is 3.11. The van der Waals surface area contributed by atoms with Gasteiger partial charge in [-0.3, -0.25) is 9.80 Å². The van der Waals surface area contributed by atoms with E-state index in [2.05, 4.69) is 4.90 Å². The molecule has 92 valence electrons. The molecule has 0 bridgehead atoms. The fraction of sp³-hybridized carbons (Fsp3) is 0.900. The summed E-state index contributed by atoms with van der Waals surface area (Å²) in [5.41, 5.74) is 5.59. The number of carbonyl (C=O) groups is 1. The molecule has 2 N–H and O–H groups in total. The van der Waals surface area contributed by atoms with Gasteiger partial charge in [-0.05, 0) is 0 Å². The standard InChI is InChI=1S/C10H19N3O3/c11-7-9-8-16-10(14)13(9)2-1-12-3-5-15-6-4-12/h9H,1-8,11H2. The van der Waals surface area contributed by atoms with Gasteiger partial charge in [0.1, 0.15) is 6.61 Å². The number of nitrogens with two attached hydrogens (primary N) is 1. The van der Waals surface area contributed by atoms with Crippen molar-refractivity contribution >= 4 is 6.09 Å². The maximum atomic E-state index is 11.4. The highest BCUT2D eigenvalue weighted by Crippen LogP contribution is 2.11. The maximum Gasteiger partial charge on any atom is 0.410 e. The predicted molar refractivity (Wildman–Crippen MR) is 58.2 cm³/mol. The lowest BCUT2D eigenvalue weighted by atomic mass is 10.3. The van der Waals surface area contributed by atoms with Crippen LogP contribution in [0.15, 0.2) is 0 Å². The van der Waals surface area contributed by atoms with Crippen LogP contribution < -0.4 is 5.73 Å². The van der Waals surface area contributed by atoms with Gasteiger partial charge in [0.15, 0.2) is 0 Å². The molecule has 0 spiro atoms. The van der Waals surface area contributed by atoms with Crippen molar-refractivity contribution in [2.45, 2.75) is 6.04 Å². The summed E-state index contributed by atoms with van der Waals surface area (Å²) < 4.78 is 10.2. The number of cyclic esters (lactones) is 1. The highest BCUT2D eigenvalue weighted by molar-refractivity contribution is 5.70. The number of carbonyl (C=O) groups excluding carboxylic acids is 1. The van der Waals surface area contributed by atoms with Crippen LogP contribution in [-0.4, -0.2) is 74.5 Å². The zero-order valence-corrected chi connectivity index (χ0v) is 9.43. The Morgan fingerprint density at radius 2 is 2.06 bits per heavy atom. The first-order valence-corrected chi connectivity index (χ1v) is 5.75. The molecule has 0 aromatic carbocycles. The molecule has 0 aliphatic carbocycles. The number of morpholine rings is 1. The Morgan fingerprint density at radius 3 is 2.75 bits per heavy atom. The topological polar surface area (TPSA) is 68.0 Å². The van der Waals surface area contributed by atoms with Gasteiger partial charge >= 0.3 is 6.09 Å². The molecular formula is C10H19N3O3. The van der Waals surface area contributed by atoms with E-state index in [1.54, 1.807) is 4.90 Å². The van der Waals surface area contributed by atoms with Crippen LogP contribution in [0.3, 0.4) is 0 Å². The fourth-order valence-corrected chi connectivity index (χ4v) is 2.03. The Hall–Kier alpha value is -0.850. The first kappa shape index (κ1) is 11.6. The minimum absolute atomic E-state index is 0.0496. The van der Waals surface area contributed by atoms with Gasteiger partial charge in [0, 0.05) is 32.7 Å². The SMILES string of the molecule is NCC1COC(=O)N1CCN1CCOCC1. The van der Waals surface area contributed by atoms with Crippen LogP contribution in [0.25, 0.3) is 0 Å². The molecule has 2 fully saturated rings. The first-order chi connectivity index (χ1) is 7.81. The van der Waals surface area contributed by atoms with E-state index in [9.17, 15) is 4.79 Å². The molecule has 2 rings (SSSR count). The van der Waals surface area contributed by atoms with Crippen LogP contribution in [0.2, 0.25) is 0 Å². The molecule has 1 unspecified atom stereocenters. The van der Waals surface area contributed by atoms with Gasteiger partial charge in [0.05, 0.1) is 19.3 Å². The van der Waals surface area contributed by atoms with Crippen LogP contribution >= 0.6 is 0 Å². The van der Waals surface area contributed by atoms with Crippen molar-refractivity contribution in [1.29, 1.82) is 0 Å². The van der Waals surface area contributed by atoms with E-state index >= 15 is 0 Å². The molecular weight excluding hydrogens is 210 g/mol. The molecule has 0 saturated carbocycles. The third kappa shape index (κ3) is 2.63. The summed E-state index contributed by atoms with van der Waals surface area (Å²) in [5, 5.41) is 0. The minimum atomic E-state index is -0.233. The average molecular weight is 229 g/mol. The van der Waals surface area contributed by atoms with Gasteiger partial charge in [0.2, 0.25) is 0 Å². The van der Waals surface area contributed by atoms with Crippen molar-refractivity contribution < 1.29 is 14.3 Å². The summed E-state index contributed by atoms with van der Waals surface area (Å²) in [7, 11) is 0. The predicted octanol–water partition coefficient (Wildman–Crippen LogP) is -0.902. The average Bonchev–Trinajstić information content (AvgIpc) is 2.69. The molecule has 2 heterocycles. The summed E-state index contributed by atoms with van der Waals surface area (Å²) in [6.07, 6.45) is -0.233. The number of nitrogens with zero attached hydrogens (tertiary/aromatic N) is 2. The summed E-state index contributed by atoms with van der Waals surface area (Å²) in [6, 6.07) is 0.0496. The lowest BCUT2D eigenvalue weighted by Gasteiger charge is -2.29. The zero-order valence-electron chi connectivity index (χ0n) is 9.43. The van der Waals surface area contributed by atoms with Crippen LogP contribution in [-0.2, 0) is 9.47 Å². The van der Waals surface area contributed by atoms with E-state index in [4.69, 9.17) is 15.2 Å². The van der Waals surface area contributed by atoms with Gasteiger partial charge in [-0.25, -0.2) is 4.79 Å². The number of ether oxygens (including phenoxy) is 2. The Morgan fingerprint density at radius 1 is 1.31 bits per heavy atom. The molecule has 1 amide bonds. The molecule has 2 aliphatic rings. The van der Waals surface area contributed by atoms with Crippen molar-refractivity contribution in [3.8, 4) is 0 Å². The summed E-state index contributed by atoms with van der Waals surface area (Å²) in [4.78, 5) is 15.4. The summed E-state index contributed by atoms with van der Waals surface area (Å²) in [5.74, 6) is 0. The number of hydrogen-bond acceptors (Lipinski definition) is 5. The van der Waals surface area contributed by atoms with Crippen LogP contribution in [0.5, 0.6) is 0 Å². The van der Waals surface area contributed by atoms with Crippen molar-refractivity contribution in [1.82, 2.24) is 9.80 Å². The van der Waals surface area contributed by atoms with Gasteiger partial charge in [0.25, 0.3) is 0 Å². The molecule has 0 radical (unpaired) electrons. The molecule has 0 aromatic heterocycles. The minimum Gasteiger partial charge on any atom is -0.447 e. The van der Waals surface area contributed by atoms with Gasteiger partial charge in [-0.1, -0.05) is 0 Å². The van der Waals surface area contributed by atoms with E-state index in [1.165, 1.54) is 0 Å². The summed E-state index contributed by atoms with van der Waals surface area (Å²) >= 11 is 0. The Kier molecular flexibility index (Phi) is 3.98. The largest absolute Gasteiger partial charge is 0.447 e. The summed E-state index contributed by atoms with van der Waals surface area (Å²) in [6.45, 7) is 5.91. The van der Waals surface area contributed by atoms with Crippen LogP contribution in [0.1, 0.15) is 0 Å². The number of rotatable bonds is 4. The Bertz CT molecular complexity index is 243. The smallest absolute Gasteiger partial charge is 0.410 e. The molecule has 6 heteroatoms. The second kappa shape index (κ2) is 5.47. The van der Waals surface area contributed by atoms with E-state index in [0.717, 1.165) is 32.8 Å². The lowest BCUT2D eigenvalue weighted by molar-refractivity contribution is 0.0343. The molecule has 1 atom stereocenters. The zero-order chi connectivity index (χ0) is 11.4. The number of hydrogen-bond donors (Lipinski definition) is 1. The van der Waals surface area contributed by atoms with Crippen LogP contribution in [0, 0.1) is 0 Å². The molecule has 2 aliphatic heterocycles.